The lowest BCUT2D eigenvalue weighted by Crippen LogP contribution is -2.14. The number of para-hydroxylation sites is 1. The Morgan fingerprint density at radius 1 is 1.12 bits per heavy atom. The molecule has 1 N–H and O–H groups in total. The number of anilines is 1. The van der Waals surface area contributed by atoms with Crippen molar-refractivity contribution in [1.82, 2.24) is 4.57 Å². The number of nitrogens with one attached hydrogen (secondary N) is 1. The molecule has 170 valence electrons. The number of rotatable bonds is 6. The van der Waals surface area contributed by atoms with Crippen LogP contribution in [0.4, 0.5) is 10.1 Å². The third-order valence-corrected chi connectivity index (χ3v) is 5.77. The average Bonchev–Trinajstić information content (AvgIpc) is 3.08. The summed E-state index contributed by atoms with van der Waals surface area (Å²) in [5, 5.41) is 13.5. The van der Waals surface area contributed by atoms with E-state index in [1.165, 1.54) is 19.2 Å². The number of methoxy groups -OCH3 is 1. The van der Waals surface area contributed by atoms with Crippen LogP contribution in [-0.2, 0) is 11.3 Å². The highest BCUT2D eigenvalue weighted by Gasteiger charge is 2.17. The fourth-order valence-corrected chi connectivity index (χ4v) is 4.06. The summed E-state index contributed by atoms with van der Waals surface area (Å²) in [7, 11) is 1.53. The number of ether oxygens (including phenoxy) is 1. The van der Waals surface area contributed by atoms with Crippen molar-refractivity contribution in [3.05, 3.63) is 101 Å². The molecular weight excluding hydrogens is 429 g/mol. The average molecular weight is 454 g/mol. The molecule has 1 heterocycles. The van der Waals surface area contributed by atoms with E-state index in [0.717, 1.165) is 33.3 Å². The lowest BCUT2D eigenvalue weighted by atomic mass is 10.1. The van der Waals surface area contributed by atoms with E-state index in [9.17, 15) is 14.4 Å². The first-order valence-corrected chi connectivity index (χ1v) is 10.8. The minimum absolute atomic E-state index is 0.0275. The molecule has 4 rings (SSSR count). The highest BCUT2D eigenvalue weighted by molar-refractivity contribution is 6.11. The van der Waals surface area contributed by atoms with Crippen molar-refractivity contribution >= 4 is 28.6 Å². The number of halogens is 1. The summed E-state index contributed by atoms with van der Waals surface area (Å²) in [6, 6.07) is 21.7. The number of hydrogen-bond acceptors (Lipinski definition) is 3. The molecule has 1 amide bonds. The summed E-state index contributed by atoms with van der Waals surface area (Å²) in [5.74, 6) is -0.298. The maximum absolute atomic E-state index is 13.7. The van der Waals surface area contributed by atoms with Crippen LogP contribution >= 0.6 is 0 Å². The summed E-state index contributed by atoms with van der Waals surface area (Å²) >= 11 is 0. The van der Waals surface area contributed by atoms with Gasteiger partial charge < -0.3 is 14.6 Å². The second kappa shape index (κ2) is 9.63. The Morgan fingerprint density at radius 3 is 2.65 bits per heavy atom. The van der Waals surface area contributed by atoms with Gasteiger partial charge in [-0.15, -0.1) is 0 Å². The molecule has 0 fully saturated rings. The zero-order chi connectivity index (χ0) is 24.2. The quantitative estimate of drug-likeness (QED) is 0.288. The van der Waals surface area contributed by atoms with Crippen LogP contribution in [0.2, 0.25) is 0 Å². The summed E-state index contributed by atoms with van der Waals surface area (Å²) < 4.78 is 21.1. The van der Waals surface area contributed by atoms with E-state index in [1.54, 1.807) is 24.3 Å². The molecule has 0 saturated carbocycles. The van der Waals surface area contributed by atoms with Crippen LogP contribution in [0, 0.1) is 31.0 Å². The lowest BCUT2D eigenvalue weighted by Gasteiger charge is -2.11. The minimum Gasteiger partial charge on any atom is -0.495 e. The lowest BCUT2D eigenvalue weighted by molar-refractivity contribution is -0.112. The SMILES string of the molecule is COc1ccc(C)cc1NC(=O)/C(C#N)=C/c1c(C)n(Cc2cccc(F)c2)c2ccccc12. The van der Waals surface area contributed by atoms with Gasteiger partial charge in [-0.25, -0.2) is 4.39 Å². The van der Waals surface area contributed by atoms with E-state index in [1.807, 2.05) is 56.3 Å². The van der Waals surface area contributed by atoms with E-state index >= 15 is 0 Å². The smallest absolute Gasteiger partial charge is 0.266 e. The summed E-state index contributed by atoms with van der Waals surface area (Å²) in [6.07, 6.45) is 1.61. The normalized spacial score (nSPS) is 11.3. The number of benzene rings is 3. The van der Waals surface area contributed by atoms with Gasteiger partial charge in [-0.2, -0.15) is 5.26 Å². The molecule has 6 heteroatoms. The molecule has 4 aromatic rings. The van der Waals surface area contributed by atoms with Crippen molar-refractivity contribution in [1.29, 1.82) is 5.26 Å². The van der Waals surface area contributed by atoms with Gasteiger partial charge >= 0.3 is 0 Å². The Balaban J connectivity index is 1.75. The molecule has 0 radical (unpaired) electrons. The number of aromatic nitrogens is 1. The van der Waals surface area contributed by atoms with Crippen LogP contribution in [-0.4, -0.2) is 17.6 Å². The van der Waals surface area contributed by atoms with Crippen LogP contribution in [0.15, 0.2) is 72.3 Å². The number of fused-ring (bicyclic) bond motifs is 1. The largest absolute Gasteiger partial charge is 0.495 e. The molecule has 0 spiro atoms. The van der Waals surface area contributed by atoms with Gasteiger partial charge in [-0.1, -0.05) is 36.4 Å². The van der Waals surface area contributed by atoms with E-state index < -0.39 is 5.91 Å². The molecule has 0 atom stereocenters. The van der Waals surface area contributed by atoms with Gasteiger partial charge in [0.15, 0.2) is 0 Å². The maximum atomic E-state index is 13.7. The molecule has 0 aliphatic carbocycles. The molecule has 0 aliphatic rings. The fourth-order valence-electron chi connectivity index (χ4n) is 4.06. The Kier molecular flexibility index (Phi) is 6.46. The number of hydrogen-bond donors (Lipinski definition) is 1. The predicted octanol–water partition coefficient (Wildman–Crippen LogP) is 6.00. The van der Waals surface area contributed by atoms with Gasteiger partial charge in [0, 0.05) is 28.7 Å². The Bertz CT molecular complexity index is 1460. The van der Waals surface area contributed by atoms with Gasteiger partial charge in [0.2, 0.25) is 0 Å². The number of nitrogens with zero attached hydrogens (tertiary/aromatic N) is 2. The highest BCUT2D eigenvalue weighted by Crippen LogP contribution is 2.30. The first-order chi connectivity index (χ1) is 16.4. The van der Waals surface area contributed by atoms with E-state index in [4.69, 9.17) is 4.74 Å². The molecule has 0 aliphatic heterocycles. The van der Waals surface area contributed by atoms with Crippen molar-refractivity contribution in [2.75, 3.05) is 12.4 Å². The summed E-state index contributed by atoms with van der Waals surface area (Å²) in [4.78, 5) is 13.0. The second-order valence-corrected chi connectivity index (χ2v) is 8.06. The fraction of sp³-hybridized carbons (Fsp3) is 0.143. The molecule has 1 aromatic heterocycles. The Hall–Kier alpha value is -4.37. The van der Waals surface area contributed by atoms with E-state index in [2.05, 4.69) is 9.88 Å². The third kappa shape index (κ3) is 4.55. The van der Waals surface area contributed by atoms with Gasteiger partial charge in [-0.3, -0.25) is 4.79 Å². The van der Waals surface area contributed by atoms with Crippen molar-refractivity contribution in [3.63, 3.8) is 0 Å². The number of aryl methyl sites for hydroxylation is 1. The van der Waals surface area contributed by atoms with E-state index in [-0.39, 0.29) is 11.4 Å². The van der Waals surface area contributed by atoms with Crippen molar-refractivity contribution in [3.8, 4) is 11.8 Å². The standard InChI is InChI=1S/C28H24FN3O2/c1-18-11-12-27(34-3)25(13-18)31-28(33)21(16-30)15-24-19(2)32(26-10-5-4-9-23(24)26)17-20-7-6-8-22(29)14-20/h4-15H,17H2,1-3H3,(H,31,33)/b21-15+. The van der Waals surface area contributed by atoms with Gasteiger partial charge in [0.1, 0.15) is 23.2 Å². The van der Waals surface area contributed by atoms with Crippen LogP contribution < -0.4 is 10.1 Å². The number of carbonyl (C=O) groups excluding carboxylic acids is 1. The first-order valence-electron chi connectivity index (χ1n) is 10.8. The first kappa shape index (κ1) is 22.8. The van der Waals surface area contributed by atoms with Gasteiger partial charge in [0.05, 0.1) is 12.8 Å². The maximum Gasteiger partial charge on any atom is 0.266 e. The molecule has 34 heavy (non-hydrogen) atoms. The predicted molar refractivity (Wildman–Crippen MR) is 132 cm³/mol. The zero-order valence-electron chi connectivity index (χ0n) is 19.2. The molecule has 3 aromatic carbocycles. The third-order valence-electron chi connectivity index (χ3n) is 5.77. The zero-order valence-corrected chi connectivity index (χ0v) is 19.2. The molecule has 0 saturated heterocycles. The summed E-state index contributed by atoms with van der Waals surface area (Å²) in [5.41, 5.74) is 4.83. The van der Waals surface area contributed by atoms with E-state index in [0.29, 0.717) is 18.0 Å². The number of carbonyl (C=O) groups is 1. The molecular formula is C28H24FN3O2. The van der Waals surface area contributed by atoms with Crippen LogP contribution in [0.1, 0.15) is 22.4 Å². The number of amides is 1. The summed E-state index contributed by atoms with van der Waals surface area (Å²) in [6.45, 7) is 4.31. The monoisotopic (exact) mass is 453 g/mol. The minimum atomic E-state index is -0.521. The van der Waals surface area contributed by atoms with Crippen LogP contribution in [0.3, 0.4) is 0 Å². The van der Waals surface area contributed by atoms with Crippen molar-refractivity contribution < 1.29 is 13.9 Å². The van der Waals surface area contributed by atoms with Crippen LogP contribution in [0.5, 0.6) is 5.75 Å². The van der Waals surface area contributed by atoms with Crippen molar-refractivity contribution in [2.45, 2.75) is 20.4 Å². The molecule has 0 unspecified atom stereocenters. The van der Waals surface area contributed by atoms with Gasteiger partial charge in [-0.05, 0) is 61.4 Å². The molecule has 5 nitrogen and oxygen atoms in total. The number of nitriles is 1. The Morgan fingerprint density at radius 2 is 1.91 bits per heavy atom. The Labute approximate surface area is 197 Å². The highest BCUT2D eigenvalue weighted by atomic mass is 19.1. The topological polar surface area (TPSA) is 67.0 Å². The van der Waals surface area contributed by atoms with Crippen molar-refractivity contribution in [2.24, 2.45) is 0 Å². The second-order valence-electron chi connectivity index (χ2n) is 8.06. The van der Waals surface area contributed by atoms with Gasteiger partial charge in [0.25, 0.3) is 5.91 Å². The molecule has 0 bridgehead atoms. The van der Waals surface area contributed by atoms with Crippen LogP contribution in [0.25, 0.3) is 17.0 Å².